The van der Waals surface area contributed by atoms with Crippen LogP contribution in [0.15, 0.2) is 0 Å². The zero-order valence-electron chi connectivity index (χ0n) is 10.6. The fourth-order valence-corrected chi connectivity index (χ4v) is 2.23. The Morgan fingerprint density at radius 2 is 1.65 bits per heavy atom. The Kier molecular flexibility index (Phi) is 3.46. The van der Waals surface area contributed by atoms with Crippen molar-refractivity contribution in [3.63, 3.8) is 0 Å². The van der Waals surface area contributed by atoms with E-state index in [-0.39, 0.29) is 12.7 Å². The second-order valence-electron chi connectivity index (χ2n) is 4.64. The summed E-state index contributed by atoms with van der Waals surface area (Å²) >= 11 is 0. The third-order valence-electron chi connectivity index (χ3n) is 3.66. The Morgan fingerprint density at radius 1 is 1.06 bits per heavy atom. The molecule has 5 atom stereocenters. The molecule has 2 aliphatic rings. The zero-order valence-corrected chi connectivity index (χ0v) is 10.6. The Hall–Kier alpha value is -0.240. The van der Waals surface area contributed by atoms with Gasteiger partial charge in [0.2, 0.25) is 11.6 Å². The highest BCUT2D eigenvalue weighted by Crippen LogP contribution is 2.40. The van der Waals surface area contributed by atoms with E-state index in [2.05, 4.69) is 0 Å². The van der Waals surface area contributed by atoms with E-state index in [1.807, 2.05) is 0 Å². The fourth-order valence-electron chi connectivity index (χ4n) is 2.23. The molecule has 17 heavy (non-hydrogen) atoms. The highest BCUT2D eigenvalue weighted by atomic mass is 16.8. The maximum absolute atomic E-state index is 9.85. The van der Waals surface area contributed by atoms with Crippen LogP contribution in [-0.2, 0) is 23.7 Å². The van der Waals surface area contributed by atoms with Gasteiger partial charge in [-0.2, -0.15) is 0 Å². The lowest BCUT2D eigenvalue weighted by Crippen LogP contribution is -2.69. The van der Waals surface area contributed by atoms with Gasteiger partial charge >= 0.3 is 0 Å². The molecule has 6 heteroatoms. The molecule has 6 nitrogen and oxygen atoms in total. The van der Waals surface area contributed by atoms with Crippen LogP contribution in [0.5, 0.6) is 0 Å². The van der Waals surface area contributed by atoms with Gasteiger partial charge in [-0.1, -0.05) is 0 Å². The molecule has 5 unspecified atom stereocenters. The summed E-state index contributed by atoms with van der Waals surface area (Å²) in [5, 5.41) is 9.85. The van der Waals surface area contributed by atoms with Crippen molar-refractivity contribution in [1.82, 2.24) is 0 Å². The van der Waals surface area contributed by atoms with Crippen molar-refractivity contribution in [2.45, 2.75) is 43.7 Å². The Bertz CT molecular complexity index is 285. The number of aliphatic hydroxyl groups excluding tert-OH is 1. The smallest absolute Gasteiger partial charge is 0.220 e. The van der Waals surface area contributed by atoms with Crippen LogP contribution in [0.1, 0.15) is 13.8 Å². The minimum atomic E-state index is -1.07. The van der Waals surface area contributed by atoms with Crippen molar-refractivity contribution in [3.05, 3.63) is 0 Å². The lowest BCUT2D eigenvalue weighted by molar-refractivity contribution is -0.462. The quantitative estimate of drug-likeness (QED) is 0.735. The van der Waals surface area contributed by atoms with E-state index in [1.54, 1.807) is 13.8 Å². The summed E-state index contributed by atoms with van der Waals surface area (Å²) in [7, 11) is 3.05. The van der Waals surface area contributed by atoms with E-state index < -0.39 is 23.8 Å². The zero-order chi connectivity index (χ0) is 12.7. The molecule has 2 heterocycles. The molecule has 0 saturated carbocycles. The first-order valence-electron chi connectivity index (χ1n) is 5.67. The highest BCUT2D eigenvalue weighted by Gasteiger charge is 2.58. The molecule has 0 aromatic carbocycles. The van der Waals surface area contributed by atoms with E-state index in [1.165, 1.54) is 14.2 Å². The molecule has 0 amide bonds. The molecule has 2 saturated heterocycles. The number of aliphatic hydroxyl groups is 1. The molecular formula is C11H20O6. The Morgan fingerprint density at radius 3 is 2.24 bits per heavy atom. The van der Waals surface area contributed by atoms with Crippen molar-refractivity contribution in [1.29, 1.82) is 0 Å². The van der Waals surface area contributed by atoms with Gasteiger partial charge in [0.25, 0.3) is 0 Å². The van der Waals surface area contributed by atoms with Gasteiger partial charge in [0, 0.05) is 14.2 Å². The second-order valence-corrected chi connectivity index (χ2v) is 4.64. The number of ether oxygens (including phenoxy) is 5. The lowest BCUT2D eigenvalue weighted by Gasteiger charge is -2.53. The molecule has 100 valence electrons. The summed E-state index contributed by atoms with van der Waals surface area (Å²) in [5.41, 5.74) is 0. The topological polar surface area (TPSA) is 66.4 Å². The van der Waals surface area contributed by atoms with Gasteiger partial charge in [-0.05, 0) is 13.8 Å². The molecule has 0 aromatic heterocycles. The minimum Gasteiger partial charge on any atom is -0.388 e. The summed E-state index contributed by atoms with van der Waals surface area (Å²) in [6, 6.07) is 0. The number of hydrogen-bond acceptors (Lipinski definition) is 6. The van der Waals surface area contributed by atoms with Crippen LogP contribution < -0.4 is 0 Å². The molecular weight excluding hydrogens is 228 g/mol. The van der Waals surface area contributed by atoms with E-state index in [0.717, 1.165) is 0 Å². The first-order valence-corrected chi connectivity index (χ1v) is 5.67. The van der Waals surface area contributed by atoms with Crippen molar-refractivity contribution >= 4 is 0 Å². The summed E-state index contributed by atoms with van der Waals surface area (Å²) < 4.78 is 27.6. The van der Waals surface area contributed by atoms with Gasteiger partial charge in [-0.15, -0.1) is 0 Å². The average molecular weight is 248 g/mol. The largest absolute Gasteiger partial charge is 0.388 e. The van der Waals surface area contributed by atoms with Crippen molar-refractivity contribution in [2.75, 3.05) is 27.4 Å². The van der Waals surface area contributed by atoms with E-state index in [4.69, 9.17) is 23.7 Å². The summed E-state index contributed by atoms with van der Waals surface area (Å²) in [6.45, 7) is 4.09. The van der Waals surface area contributed by atoms with Gasteiger partial charge in [-0.3, -0.25) is 0 Å². The average Bonchev–Trinajstić information content (AvgIpc) is 2.32. The van der Waals surface area contributed by atoms with Crippen LogP contribution in [0.25, 0.3) is 0 Å². The van der Waals surface area contributed by atoms with Gasteiger partial charge in [0.05, 0.1) is 13.2 Å². The monoisotopic (exact) mass is 248 g/mol. The van der Waals surface area contributed by atoms with Crippen LogP contribution >= 0.6 is 0 Å². The summed E-state index contributed by atoms with van der Waals surface area (Å²) in [4.78, 5) is 0. The molecule has 0 aromatic rings. The lowest BCUT2D eigenvalue weighted by atomic mass is 9.99. The molecule has 2 rings (SSSR count). The molecule has 0 aliphatic carbocycles. The standard InChI is InChI=1S/C11H20O6/c1-10(13-3)11(2,14-4)17-9-7(12)5-15-6-8(9)16-10/h7-9,12H,5-6H2,1-4H3. The van der Waals surface area contributed by atoms with Crippen LogP contribution in [0.2, 0.25) is 0 Å². The maximum Gasteiger partial charge on any atom is 0.220 e. The first-order chi connectivity index (χ1) is 7.96. The third-order valence-corrected chi connectivity index (χ3v) is 3.66. The predicted molar refractivity (Wildman–Crippen MR) is 57.4 cm³/mol. The fraction of sp³-hybridized carbons (Fsp3) is 1.00. The maximum atomic E-state index is 9.85. The van der Waals surface area contributed by atoms with Gasteiger partial charge in [-0.25, -0.2) is 0 Å². The van der Waals surface area contributed by atoms with Crippen molar-refractivity contribution < 1.29 is 28.8 Å². The number of hydrogen-bond donors (Lipinski definition) is 1. The van der Waals surface area contributed by atoms with E-state index in [9.17, 15) is 5.11 Å². The molecule has 0 spiro atoms. The minimum absolute atomic E-state index is 0.244. The molecule has 0 bridgehead atoms. The summed E-state index contributed by atoms with van der Waals surface area (Å²) in [5.74, 6) is -2.11. The van der Waals surface area contributed by atoms with Gasteiger partial charge in [0.1, 0.15) is 18.3 Å². The SMILES string of the molecule is COC1(C)OC2COCC(O)C2OC1(C)OC. The number of fused-ring (bicyclic) bond motifs is 1. The van der Waals surface area contributed by atoms with Crippen molar-refractivity contribution in [2.24, 2.45) is 0 Å². The van der Waals surface area contributed by atoms with Gasteiger partial charge in [0.15, 0.2) is 0 Å². The highest BCUT2D eigenvalue weighted by molar-refractivity contribution is 4.95. The second kappa shape index (κ2) is 4.46. The van der Waals surface area contributed by atoms with E-state index in [0.29, 0.717) is 6.61 Å². The number of rotatable bonds is 2. The molecule has 1 N–H and O–H groups in total. The summed E-state index contributed by atoms with van der Waals surface area (Å²) in [6.07, 6.45) is -1.53. The first kappa shape index (κ1) is 13.2. The Balaban J connectivity index is 2.24. The predicted octanol–water partition coefficient (Wildman–Crippen LogP) is -0.113. The molecule has 0 radical (unpaired) electrons. The normalized spacial score (nSPS) is 51.0. The van der Waals surface area contributed by atoms with Crippen LogP contribution in [-0.4, -0.2) is 62.4 Å². The van der Waals surface area contributed by atoms with E-state index >= 15 is 0 Å². The molecule has 2 aliphatic heterocycles. The van der Waals surface area contributed by atoms with Crippen LogP contribution in [0.4, 0.5) is 0 Å². The van der Waals surface area contributed by atoms with Crippen LogP contribution in [0, 0.1) is 0 Å². The van der Waals surface area contributed by atoms with Crippen LogP contribution in [0.3, 0.4) is 0 Å². The third kappa shape index (κ3) is 1.99. The number of methoxy groups -OCH3 is 2. The molecule has 2 fully saturated rings. The Labute approximate surface area is 101 Å². The van der Waals surface area contributed by atoms with Crippen molar-refractivity contribution in [3.8, 4) is 0 Å². The van der Waals surface area contributed by atoms with Gasteiger partial charge < -0.3 is 28.8 Å².